The second-order valence-corrected chi connectivity index (χ2v) is 7.18. The van der Waals surface area contributed by atoms with E-state index < -0.39 is 5.41 Å². The highest BCUT2D eigenvalue weighted by molar-refractivity contribution is 7.80. The summed E-state index contributed by atoms with van der Waals surface area (Å²) in [5.41, 5.74) is 2.60. The number of hydrogen-bond acceptors (Lipinski definition) is 2. The Bertz CT molecular complexity index is 805. The summed E-state index contributed by atoms with van der Waals surface area (Å²) in [5.74, 6) is 0. The van der Waals surface area contributed by atoms with Crippen molar-refractivity contribution in [2.24, 2.45) is 0 Å². The molecule has 1 fully saturated rings. The van der Waals surface area contributed by atoms with Gasteiger partial charge in [0.15, 0.2) is 5.11 Å². The first-order valence-electron chi connectivity index (χ1n) is 8.33. The minimum absolute atomic E-state index is 0.417. The molecule has 128 valence electrons. The number of halogens is 1. The molecule has 0 amide bonds. The van der Waals surface area contributed by atoms with E-state index in [4.69, 9.17) is 23.8 Å². The summed E-state index contributed by atoms with van der Waals surface area (Å²) in [6.07, 6.45) is 1.54. The van der Waals surface area contributed by atoms with Gasteiger partial charge in [0, 0.05) is 23.8 Å². The van der Waals surface area contributed by atoms with Crippen LogP contribution in [-0.4, -0.2) is 23.1 Å². The van der Waals surface area contributed by atoms with Crippen molar-refractivity contribution >= 4 is 34.6 Å². The van der Waals surface area contributed by atoms with Crippen molar-refractivity contribution in [1.29, 1.82) is 5.26 Å². The molecule has 1 aliphatic heterocycles. The minimum atomic E-state index is -0.417. The Balaban J connectivity index is 1.69. The molecule has 0 saturated carbocycles. The van der Waals surface area contributed by atoms with Gasteiger partial charge in [0.2, 0.25) is 0 Å². The molecular formula is C20H20ClN3S. The van der Waals surface area contributed by atoms with Crippen molar-refractivity contribution in [3.63, 3.8) is 0 Å². The third kappa shape index (κ3) is 3.63. The average Bonchev–Trinajstić information content (AvgIpc) is 2.66. The third-order valence-corrected chi connectivity index (χ3v) is 5.72. The molecule has 1 N–H and O–H groups in total. The van der Waals surface area contributed by atoms with Gasteiger partial charge in [-0.05, 0) is 55.2 Å². The van der Waals surface area contributed by atoms with Crippen LogP contribution in [0.25, 0.3) is 0 Å². The van der Waals surface area contributed by atoms with Gasteiger partial charge in [-0.15, -0.1) is 0 Å². The molecule has 0 aliphatic carbocycles. The highest BCUT2D eigenvalue weighted by Gasteiger charge is 2.37. The molecule has 0 aromatic heterocycles. The summed E-state index contributed by atoms with van der Waals surface area (Å²) in [6.45, 7) is 3.49. The number of thiocarbonyl (C=S) groups is 1. The molecule has 3 nitrogen and oxygen atoms in total. The van der Waals surface area contributed by atoms with Gasteiger partial charge in [-0.25, -0.2) is 0 Å². The lowest BCUT2D eigenvalue weighted by Crippen LogP contribution is -2.46. The summed E-state index contributed by atoms with van der Waals surface area (Å²) in [7, 11) is 0. The fourth-order valence-electron chi connectivity index (χ4n) is 3.25. The van der Waals surface area contributed by atoms with Gasteiger partial charge in [0.05, 0.1) is 11.5 Å². The minimum Gasteiger partial charge on any atom is -0.349 e. The number of benzene rings is 2. The molecule has 25 heavy (non-hydrogen) atoms. The number of rotatable bonds is 2. The van der Waals surface area contributed by atoms with Crippen LogP contribution in [0.2, 0.25) is 5.02 Å². The second-order valence-electron chi connectivity index (χ2n) is 6.39. The maximum Gasteiger partial charge on any atom is 0.173 e. The quantitative estimate of drug-likeness (QED) is 0.764. The summed E-state index contributed by atoms with van der Waals surface area (Å²) in [6, 6.07) is 18.4. The lowest BCUT2D eigenvalue weighted by molar-refractivity contribution is 0.272. The van der Waals surface area contributed by atoms with E-state index in [9.17, 15) is 5.26 Å². The normalized spacial score (nSPS) is 16.1. The van der Waals surface area contributed by atoms with Gasteiger partial charge < -0.3 is 10.2 Å². The molecule has 0 unspecified atom stereocenters. The van der Waals surface area contributed by atoms with Crippen molar-refractivity contribution < 1.29 is 0 Å². The topological polar surface area (TPSA) is 39.1 Å². The molecule has 2 aromatic carbocycles. The average molecular weight is 370 g/mol. The Labute approximate surface area is 159 Å². The summed E-state index contributed by atoms with van der Waals surface area (Å²) in [5, 5.41) is 14.5. The predicted octanol–water partition coefficient (Wildman–Crippen LogP) is 4.90. The van der Waals surface area contributed by atoms with Crippen LogP contribution in [0.3, 0.4) is 0 Å². The van der Waals surface area contributed by atoms with Gasteiger partial charge in [0.25, 0.3) is 0 Å². The van der Waals surface area contributed by atoms with Crippen LogP contribution in [0, 0.1) is 18.3 Å². The van der Waals surface area contributed by atoms with Crippen LogP contribution in [0.5, 0.6) is 0 Å². The molecule has 1 aliphatic rings. The summed E-state index contributed by atoms with van der Waals surface area (Å²) >= 11 is 11.7. The van der Waals surface area contributed by atoms with Crippen molar-refractivity contribution in [3.05, 3.63) is 64.7 Å². The number of nitrogens with zero attached hydrogens (tertiary/aromatic N) is 2. The molecule has 0 radical (unpaired) electrons. The molecule has 0 atom stereocenters. The lowest BCUT2D eigenvalue weighted by atomic mass is 9.74. The number of anilines is 1. The van der Waals surface area contributed by atoms with Crippen LogP contribution in [0.1, 0.15) is 24.0 Å². The van der Waals surface area contributed by atoms with Crippen molar-refractivity contribution in [1.82, 2.24) is 4.90 Å². The third-order valence-electron chi connectivity index (χ3n) is 4.95. The van der Waals surface area contributed by atoms with Crippen molar-refractivity contribution in [3.8, 4) is 6.07 Å². The highest BCUT2D eigenvalue weighted by atomic mass is 35.5. The van der Waals surface area contributed by atoms with Crippen LogP contribution < -0.4 is 5.32 Å². The maximum atomic E-state index is 9.79. The van der Waals surface area contributed by atoms with E-state index in [-0.39, 0.29) is 0 Å². The number of hydrogen-bond donors (Lipinski definition) is 1. The number of likely N-dealkylation sites (tertiary alicyclic amines) is 1. The Hall–Kier alpha value is -2.09. The van der Waals surface area contributed by atoms with E-state index in [2.05, 4.69) is 16.3 Å². The number of piperidine rings is 1. The molecule has 1 heterocycles. The predicted molar refractivity (Wildman–Crippen MR) is 107 cm³/mol. The maximum absolute atomic E-state index is 9.79. The largest absolute Gasteiger partial charge is 0.349 e. The smallest absolute Gasteiger partial charge is 0.173 e. The van der Waals surface area contributed by atoms with Crippen LogP contribution in [0.4, 0.5) is 5.69 Å². The van der Waals surface area contributed by atoms with E-state index in [1.807, 2.05) is 55.5 Å². The number of nitriles is 1. The van der Waals surface area contributed by atoms with Gasteiger partial charge in [-0.2, -0.15) is 5.26 Å². The summed E-state index contributed by atoms with van der Waals surface area (Å²) in [4.78, 5) is 2.13. The standard InChI is InChI=1S/C20H20ClN3S/c1-15-17(21)8-5-9-18(15)23-19(25)24-12-10-20(14-22,11-13-24)16-6-3-2-4-7-16/h2-9H,10-13H2,1H3,(H,23,25). The van der Waals surface area contributed by atoms with Crippen molar-refractivity contribution in [2.75, 3.05) is 18.4 Å². The van der Waals surface area contributed by atoms with Gasteiger partial charge >= 0.3 is 0 Å². The van der Waals surface area contributed by atoms with Crippen LogP contribution in [-0.2, 0) is 5.41 Å². The second kappa shape index (κ2) is 7.43. The Kier molecular flexibility index (Phi) is 5.27. The SMILES string of the molecule is Cc1c(Cl)cccc1NC(=S)N1CCC(C#N)(c2ccccc2)CC1. The first-order valence-corrected chi connectivity index (χ1v) is 9.12. The van der Waals surface area contributed by atoms with Gasteiger partial charge in [0.1, 0.15) is 0 Å². The Morgan fingerprint density at radius 1 is 1.16 bits per heavy atom. The van der Waals surface area contributed by atoms with Crippen LogP contribution in [0.15, 0.2) is 48.5 Å². The fraction of sp³-hybridized carbons (Fsp3) is 0.300. The Morgan fingerprint density at radius 3 is 2.48 bits per heavy atom. The van der Waals surface area contributed by atoms with E-state index in [1.165, 1.54) is 0 Å². The van der Waals surface area contributed by atoms with Crippen LogP contribution >= 0.6 is 23.8 Å². The number of nitrogens with one attached hydrogen (secondary N) is 1. The Morgan fingerprint density at radius 2 is 1.84 bits per heavy atom. The van der Waals surface area contributed by atoms with E-state index in [1.54, 1.807) is 0 Å². The van der Waals surface area contributed by atoms with E-state index in [0.29, 0.717) is 5.11 Å². The molecule has 2 aromatic rings. The van der Waals surface area contributed by atoms with Crippen molar-refractivity contribution in [2.45, 2.75) is 25.2 Å². The first kappa shape index (κ1) is 17.7. The fourth-order valence-corrected chi connectivity index (χ4v) is 3.72. The molecule has 0 spiro atoms. The molecule has 1 saturated heterocycles. The van der Waals surface area contributed by atoms with E-state index in [0.717, 1.165) is 47.8 Å². The highest BCUT2D eigenvalue weighted by Crippen LogP contribution is 2.35. The summed E-state index contributed by atoms with van der Waals surface area (Å²) < 4.78 is 0. The molecule has 0 bridgehead atoms. The molecule has 3 rings (SSSR count). The molecular weight excluding hydrogens is 350 g/mol. The first-order chi connectivity index (χ1) is 12.1. The molecule has 5 heteroatoms. The monoisotopic (exact) mass is 369 g/mol. The van der Waals surface area contributed by atoms with Gasteiger partial charge in [-0.1, -0.05) is 48.0 Å². The zero-order chi connectivity index (χ0) is 17.9. The van der Waals surface area contributed by atoms with Gasteiger partial charge in [-0.3, -0.25) is 0 Å². The lowest BCUT2D eigenvalue weighted by Gasteiger charge is -2.39. The zero-order valence-electron chi connectivity index (χ0n) is 14.1. The van der Waals surface area contributed by atoms with E-state index >= 15 is 0 Å². The zero-order valence-corrected chi connectivity index (χ0v) is 15.7.